The molecule has 0 nitrogen and oxygen atoms in total. The minimum atomic E-state index is -2.57. The third-order valence-corrected chi connectivity index (χ3v) is 21.0. The molecule has 0 aromatic heterocycles. The molecule has 0 fully saturated rings. The van der Waals surface area contributed by atoms with E-state index in [0.29, 0.717) is 9.54 Å². The average molecular weight is 723 g/mol. The summed E-state index contributed by atoms with van der Waals surface area (Å²) in [6.45, 7) is 31.4. The van der Waals surface area contributed by atoms with Gasteiger partial charge in [-0.25, -0.2) is 0 Å². The summed E-state index contributed by atoms with van der Waals surface area (Å²) < 4.78 is 4.01. The Kier molecular flexibility index (Phi) is 11.0. The smallest absolute Gasteiger partial charge is 1.00 e. The maximum Gasteiger partial charge on any atom is -1.00 e. The summed E-state index contributed by atoms with van der Waals surface area (Å²) in [5.41, 5.74) is 13.7. The van der Waals surface area contributed by atoms with Crippen LogP contribution in [0.4, 0.5) is 0 Å². The molecule has 0 bridgehead atoms. The number of benzene rings is 3. The average Bonchev–Trinajstić information content (AvgIpc) is 3.37. The summed E-state index contributed by atoms with van der Waals surface area (Å²) in [5, 5.41) is 1.70. The van der Waals surface area contributed by atoms with Crippen LogP contribution in [0.1, 0.15) is 99.3 Å². The fourth-order valence-electron chi connectivity index (χ4n) is 7.23. The van der Waals surface area contributed by atoms with Gasteiger partial charge in [-0.05, 0) is 0 Å². The predicted molar refractivity (Wildman–Crippen MR) is 185 cm³/mol. The van der Waals surface area contributed by atoms with Gasteiger partial charge in [-0.15, -0.1) is 0 Å². The molecule has 1 atom stereocenters. The number of halogens is 2. The summed E-state index contributed by atoms with van der Waals surface area (Å²) in [7, 11) is -1.45. The molecule has 1 unspecified atom stereocenters. The van der Waals surface area contributed by atoms with Crippen LogP contribution in [0.25, 0.3) is 11.1 Å². The predicted octanol–water partition coefficient (Wildman–Crippen LogP) is 5.25. The van der Waals surface area contributed by atoms with Crippen LogP contribution in [-0.2, 0) is 32.1 Å². The zero-order valence-corrected chi connectivity index (χ0v) is 34.2. The first-order valence-corrected chi connectivity index (χ1v) is 23.3. The van der Waals surface area contributed by atoms with Crippen molar-refractivity contribution in [2.45, 2.75) is 103 Å². The number of hydrogen-bond acceptors (Lipinski definition) is 0. The van der Waals surface area contributed by atoms with Gasteiger partial charge in [0, 0.05) is 0 Å². The first kappa shape index (κ1) is 37.2. The van der Waals surface area contributed by atoms with E-state index in [4.69, 9.17) is 0 Å². The van der Waals surface area contributed by atoms with Gasteiger partial charge in [0.15, 0.2) is 0 Å². The molecule has 5 rings (SSSR count). The molecule has 3 aromatic carbocycles. The van der Waals surface area contributed by atoms with Crippen LogP contribution in [-0.4, -0.2) is 11.3 Å². The summed E-state index contributed by atoms with van der Waals surface area (Å²) in [6.07, 6.45) is 2.67. The monoisotopic (exact) mass is 720 g/mol. The van der Waals surface area contributed by atoms with Gasteiger partial charge in [0.05, 0.1) is 0 Å². The standard InChI is InChI=1S/C21H25.C10H17Si.C9H10.2ClH.Zr/c1-20(2,3)16-9-7-14-11-15-8-10-17(21(4,5)6)13-19(15)18(14)12-16;1-8-6-9(2)10(7-8)11(3,4)5;1-3-9-6-4-8(2)5-7-9;;;/h7-13H,1-6H3;7-8H,1-5H3;4-7H,1-2H3;2*1H;/q;;;;;+2/p-2. The van der Waals surface area contributed by atoms with E-state index in [9.17, 15) is 0 Å². The van der Waals surface area contributed by atoms with E-state index in [0.717, 1.165) is 0 Å². The van der Waals surface area contributed by atoms with Gasteiger partial charge >= 0.3 is 267 Å². The molecule has 2 aliphatic rings. The van der Waals surface area contributed by atoms with Crippen LogP contribution < -0.4 is 24.8 Å². The Bertz CT molecular complexity index is 1590. The fourth-order valence-corrected chi connectivity index (χ4v) is 19.0. The fraction of sp³-hybridized carbons (Fsp3) is 0.425. The topological polar surface area (TPSA) is 0 Å². The van der Waals surface area contributed by atoms with Gasteiger partial charge in [0.1, 0.15) is 0 Å². The van der Waals surface area contributed by atoms with Gasteiger partial charge in [-0.3, -0.25) is 0 Å². The number of fused-ring (bicyclic) bond motifs is 3. The van der Waals surface area contributed by atoms with Gasteiger partial charge in [0.25, 0.3) is 0 Å². The number of allylic oxidation sites excluding steroid dienone is 4. The second-order valence-corrected chi connectivity index (χ2v) is 27.8. The van der Waals surface area contributed by atoms with E-state index in [-0.39, 0.29) is 35.6 Å². The molecule has 0 saturated carbocycles. The maximum absolute atomic E-state index is 2.67. The van der Waals surface area contributed by atoms with Crippen LogP contribution >= 0.6 is 0 Å². The largest absolute Gasteiger partial charge is 1.00 e. The second-order valence-electron chi connectivity index (χ2n) is 16.1. The van der Waals surface area contributed by atoms with Crippen molar-refractivity contribution in [3.05, 3.63) is 114 Å². The quantitative estimate of drug-likeness (QED) is 0.323. The van der Waals surface area contributed by atoms with Crippen molar-refractivity contribution < 1.29 is 46.1 Å². The van der Waals surface area contributed by atoms with Gasteiger partial charge in [0.2, 0.25) is 0 Å². The van der Waals surface area contributed by atoms with E-state index < -0.39 is 29.3 Å². The van der Waals surface area contributed by atoms with Crippen molar-refractivity contribution in [3.63, 3.8) is 0 Å². The van der Waals surface area contributed by atoms with Crippen LogP contribution in [0.5, 0.6) is 0 Å². The van der Waals surface area contributed by atoms with Crippen molar-refractivity contribution in [2.75, 3.05) is 0 Å². The van der Waals surface area contributed by atoms with Crippen molar-refractivity contribution in [3.8, 4) is 11.1 Å². The number of aryl methyl sites for hydroxylation is 1. The van der Waals surface area contributed by atoms with Crippen LogP contribution in [0.3, 0.4) is 0 Å². The maximum atomic E-state index is 2.67. The van der Waals surface area contributed by atoms with Gasteiger partial charge in [-0.2, -0.15) is 0 Å². The molecule has 234 valence electrons. The van der Waals surface area contributed by atoms with E-state index in [2.05, 4.69) is 156 Å². The molecule has 2 aliphatic carbocycles. The van der Waals surface area contributed by atoms with Crippen molar-refractivity contribution in [1.29, 1.82) is 0 Å². The Balaban J connectivity index is 0.00000264. The third kappa shape index (κ3) is 6.86. The Labute approximate surface area is 289 Å². The van der Waals surface area contributed by atoms with Gasteiger partial charge < -0.3 is 24.8 Å². The van der Waals surface area contributed by atoms with Crippen LogP contribution in [0.15, 0.2) is 80.8 Å². The Hall–Kier alpha value is -1.31. The van der Waals surface area contributed by atoms with E-state index in [1.54, 1.807) is 25.1 Å². The minimum Gasteiger partial charge on any atom is -1.00 e. The zero-order chi connectivity index (χ0) is 30.9. The molecule has 0 aliphatic heterocycles. The van der Waals surface area contributed by atoms with Crippen LogP contribution in [0, 0.1) is 12.8 Å². The summed E-state index contributed by atoms with van der Waals surface area (Å²) in [4.78, 5) is 0. The Morgan fingerprint density at radius 3 is 1.55 bits per heavy atom. The molecule has 0 saturated heterocycles. The molecule has 0 N–H and O–H groups in total. The van der Waals surface area contributed by atoms with E-state index in [1.165, 1.54) is 33.4 Å². The van der Waals surface area contributed by atoms with Crippen molar-refractivity contribution >= 4 is 11.3 Å². The number of rotatable bonds is 4. The van der Waals surface area contributed by atoms with Crippen molar-refractivity contribution in [2.24, 2.45) is 5.92 Å². The third-order valence-electron chi connectivity index (χ3n) is 9.71. The molecule has 3 aromatic rings. The Morgan fingerprint density at radius 1 is 0.705 bits per heavy atom. The molecule has 0 radical (unpaired) electrons. The van der Waals surface area contributed by atoms with Crippen LogP contribution in [0.2, 0.25) is 19.6 Å². The molecule has 0 amide bonds. The van der Waals surface area contributed by atoms with Crippen molar-refractivity contribution in [1.82, 2.24) is 0 Å². The molecular weight excluding hydrogens is 671 g/mol. The molecule has 4 heteroatoms. The second kappa shape index (κ2) is 13.1. The summed E-state index contributed by atoms with van der Waals surface area (Å²) >= 11 is -2.57. The first-order valence-electron chi connectivity index (χ1n) is 15.9. The normalized spacial score (nSPS) is 17.0. The molecular formula is C40H52Cl2SiZr. The molecule has 44 heavy (non-hydrogen) atoms. The number of hydrogen-bond donors (Lipinski definition) is 0. The zero-order valence-electron chi connectivity index (χ0n) is 29.3. The van der Waals surface area contributed by atoms with E-state index >= 15 is 0 Å². The summed E-state index contributed by atoms with van der Waals surface area (Å²) in [6, 6.07) is 24.5. The SMILES string of the molecule is CC1=[C](/[Zr+2](=[C](\C)c2ccc(C)cc2)[CH]2c3ccc(C(C)(C)C)cc3-c3cc(C(C)(C)C)ccc32)C(C)C=C1[Si](C)(C)C.[Cl-].[Cl-]. The summed E-state index contributed by atoms with van der Waals surface area (Å²) in [5.74, 6) is 0.525. The minimum absolute atomic E-state index is 0. The van der Waals surface area contributed by atoms with E-state index in [1.807, 2.05) is 3.28 Å². The Morgan fingerprint density at radius 2 is 1.16 bits per heavy atom. The molecule has 0 spiro atoms. The van der Waals surface area contributed by atoms with Gasteiger partial charge in [-0.1, -0.05) is 0 Å². The first-order chi connectivity index (χ1) is 19.4. The molecule has 0 heterocycles.